The summed E-state index contributed by atoms with van der Waals surface area (Å²) in [4.78, 5) is 11.3. The van der Waals surface area contributed by atoms with Gasteiger partial charge in [0.15, 0.2) is 0 Å². The topological polar surface area (TPSA) is 74.6 Å². The molecular formula is C14H12O4S. The monoisotopic (exact) mass is 276 g/mol. The van der Waals surface area contributed by atoms with Crippen molar-refractivity contribution in [1.29, 1.82) is 0 Å². The summed E-state index contributed by atoms with van der Waals surface area (Å²) in [6.07, 6.45) is 0. The predicted molar refractivity (Wildman–Crippen MR) is 71.6 cm³/mol. The summed E-state index contributed by atoms with van der Waals surface area (Å²) < 4.78 is 12.2. The highest BCUT2D eigenvalue weighted by molar-refractivity contribution is 7.84. The zero-order valence-electron chi connectivity index (χ0n) is 9.95. The fraction of sp³-hybridized carbons (Fsp3) is 0.0714. The van der Waals surface area contributed by atoms with Crippen LogP contribution in [0, 0.1) is 0 Å². The van der Waals surface area contributed by atoms with Crippen molar-refractivity contribution in [2.45, 2.75) is 10.6 Å². The van der Waals surface area contributed by atoms with Crippen LogP contribution in [0.3, 0.4) is 0 Å². The Morgan fingerprint density at radius 2 is 1.84 bits per heavy atom. The fourth-order valence-corrected chi connectivity index (χ4v) is 2.99. The highest BCUT2D eigenvalue weighted by Crippen LogP contribution is 2.19. The van der Waals surface area contributed by atoms with Gasteiger partial charge in [-0.25, -0.2) is 4.79 Å². The maximum atomic E-state index is 12.2. The van der Waals surface area contributed by atoms with Crippen molar-refractivity contribution < 1.29 is 19.2 Å². The SMILES string of the molecule is O=C(O)c1ccccc1S(=O)Cc1cccc(O)c1. The molecule has 0 bridgehead atoms. The molecule has 0 fully saturated rings. The van der Waals surface area contributed by atoms with E-state index >= 15 is 0 Å². The van der Waals surface area contributed by atoms with Gasteiger partial charge in [0.25, 0.3) is 0 Å². The number of rotatable bonds is 4. The lowest BCUT2D eigenvalue weighted by Crippen LogP contribution is -2.05. The Morgan fingerprint density at radius 3 is 2.53 bits per heavy atom. The third-order valence-electron chi connectivity index (χ3n) is 2.57. The highest BCUT2D eigenvalue weighted by Gasteiger charge is 2.14. The van der Waals surface area contributed by atoms with E-state index < -0.39 is 16.8 Å². The van der Waals surface area contributed by atoms with Crippen molar-refractivity contribution in [3.63, 3.8) is 0 Å². The molecule has 98 valence electrons. The summed E-state index contributed by atoms with van der Waals surface area (Å²) in [5, 5.41) is 18.4. The Hall–Kier alpha value is -2.14. The Morgan fingerprint density at radius 1 is 1.11 bits per heavy atom. The lowest BCUT2D eigenvalue weighted by molar-refractivity contribution is 0.0693. The second-order valence-electron chi connectivity index (χ2n) is 3.96. The number of phenols is 1. The molecule has 5 heteroatoms. The standard InChI is InChI=1S/C14H12O4S/c15-11-5-3-4-10(8-11)9-19(18)13-7-2-1-6-12(13)14(16)17/h1-8,15H,9H2,(H,16,17). The molecule has 0 saturated carbocycles. The molecule has 1 unspecified atom stereocenters. The van der Waals surface area contributed by atoms with E-state index in [9.17, 15) is 14.1 Å². The second kappa shape index (κ2) is 5.67. The van der Waals surface area contributed by atoms with E-state index in [1.807, 2.05) is 0 Å². The van der Waals surface area contributed by atoms with Crippen molar-refractivity contribution in [2.75, 3.05) is 0 Å². The summed E-state index contributed by atoms with van der Waals surface area (Å²) in [5.41, 5.74) is 0.736. The molecule has 0 heterocycles. The smallest absolute Gasteiger partial charge is 0.336 e. The summed E-state index contributed by atoms with van der Waals surface area (Å²) in [7, 11) is -1.47. The van der Waals surface area contributed by atoms with Crippen LogP contribution in [-0.4, -0.2) is 20.4 Å². The number of aromatic carboxylic acids is 1. The van der Waals surface area contributed by atoms with Crippen LogP contribution in [0.15, 0.2) is 53.4 Å². The molecule has 2 N–H and O–H groups in total. The first kappa shape index (κ1) is 13.3. The van der Waals surface area contributed by atoms with Crippen molar-refractivity contribution in [3.8, 4) is 5.75 Å². The number of benzene rings is 2. The molecule has 0 aliphatic rings. The van der Waals surface area contributed by atoms with Crippen molar-refractivity contribution in [3.05, 3.63) is 59.7 Å². The molecule has 2 rings (SSSR count). The van der Waals surface area contributed by atoms with Gasteiger partial charge in [-0.15, -0.1) is 0 Å². The van der Waals surface area contributed by atoms with Gasteiger partial charge in [-0.3, -0.25) is 4.21 Å². The predicted octanol–water partition coefficient (Wildman–Crippen LogP) is 2.40. The number of carboxylic acids is 1. The van der Waals surface area contributed by atoms with Crippen LogP contribution < -0.4 is 0 Å². The quantitative estimate of drug-likeness (QED) is 0.899. The van der Waals surface area contributed by atoms with Crippen molar-refractivity contribution >= 4 is 16.8 Å². The maximum Gasteiger partial charge on any atom is 0.336 e. The van der Waals surface area contributed by atoms with E-state index in [1.54, 1.807) is 30.3 Å². The van der Waals surface area contributed by atoms with E-state index in [0.29, 0.717) is 10.5 Å². The molecule has 0 amide bonds. The zero-order chi connectivity index (χ0) is 13.8. The van der Waals surface area contributed by atoms with Gasteiger partial charge in [-0.2, -0.15) is 0 Å². The average Bonchev–Trinajstić information content (AvgIpc) is 2.38. The van der Waals surface area contributed by atoms with Gasteiger partial charge in [-0.1, -0.05) is 24.3 Å². The lowest BCUT2D eigenvalue weighted by atomic mass is 10.2. The number of phenolic OH excluding ortho intramolecular Hbond substituents is 1. The Bertz CT molecular complexity index is 637. The van der Waals surface area contributed by atoms with Crippen LogP contribution >= 0.6 is 0 Å². The maximum absolute atomic E-state index is 12.2. The number of aromatic hydroxyl groups is 1. The van der Waals surface area contributed by atoms with Gasteiger partial charge < -0.3 is 10.2 Å². The minimum atomic E-state index is -1.47. The Balaban J connectivity index is 2.28. The molecule has 0 saturated heterocycles. The minimum absolute atomic E-state index is 0.0426. The average molecular weight is 276 g/mol. The lowest BCUT2D eigenvalue weighted by Gasteiger charge is -2.06. The van der Waals surface area contributed by atoms with Crippen molar-refractivity contribution in [1.82, 2.24) is 0 Å². The molecule has 2 aromatic rings. The van der Waals surface area contributed by atoms with Crippen molar-refractivity contribution in [2.24, 2.45) is 0 Å². The normalized spacial score (nSPS) is 12.0. The van der Waals surface area contributed by atoms with Gasteiger partial charge in [0, 0.05) is 0 Å². The van der Waals surface area contributed by atoms with Crippen LogP contribution in [0.25, 0.3) is 0 Å². The highest BCUT2D eigenvalue weighted by atomic mass is 32.2. The van der Waals surface area contributed by atoms with E-state index in [2.05, 4.69) is 0 Å². The molecule has 0 spiro atoms. The summed E-state index contributed by atoms with van der Waals surface area (Å²) in [6, 6.07) is 12.7. The van der Waals surface area contributed by atoms with E-state index in [0.717, 1.165) is 0 Å². The van der Waals surface area contributed by atoms with Gasteiger partial charge in [-0.05, 0) is 29.8 Å². The molecular weight excluding hydrogens is 264 g/mol. The first-order chi connectivity index (χ1) is 9.08. The van der Waals surface area contributed by atoms with Gasteiger partial charge in [0.05, 0.1) is 27.0 Å². The summed E-state index contributed by atoms with van der Waals surface area (Å²) >= 11 is 0. The third kappa shape index (κ3) is 3.20. The molecule has 0 radical (unpaired) electrons. The molecule has 2 aromatic carbocycles. The van der Waals surface area contributed by atoms with E-state index in [1.165, 1.54) is 18.2 Å². The fourth-order valence-electron chi connectivity index (χ4n) is 1.72. The van der Waals surface area contributed by atoms with Crippen LogP contribution in [0.2, 0.25) is 0 Å². The summed E-state index contributed by atoms with van der Waals surface area (Å²) in [6.45, 7) is 0. The molecule has 4 nitrogen and oxygen atoms in total. The van der Waals surface area contributed by atoms with Crippen LogP contribution in [0.5, 0.6) is 5.75 Å². The van der Waals surface area contributed by atoms with Gasteiger partial charge in [0.2, 0.25) is 0 Å². The number of hydrogen-bond acceptors (Lipinski definition) is 3. The largest absolute Gasteiger partial charge is 0.508 e. The molecule has 0 aliphatic heterocycles. The minimum Gasteiger partial charge on any atom is -0.508 e. The third-order valence-corrected chi connectivity index (χ3v) is 4.01. The Kier molecular flexibility index (Phi) is 3.97. The molecule has 0 aromatic heterocycles. The molecule has 1 atom stereocenters. The van der Waals surface area contributed by atoms with Crippen LogP contribution in [-0.2, 0) is 16.6 Å². The number of hydrogen-bond donors (Lipinski definition) is 2. The first-order valence-corrected chi connectivity index (χ1v) is 6.88. The van der Waals surface area contributed by atoms with Gasteiger partial charge in [0.1, 0.15) is 5.75 Å². The van der Waals surface area contributed by atoms with Gasteiger partial charge >= 0.3 is 5.97 Å². The second-order valence-corrected chi connectivity index (χ2v) is 5.38. The molecule has 0 aliphatic carbocycles. The number of carboxylic acid groups (broad SMARTS) is 1. The Labute approximate surface area is 112 Å². The molecule has 19 heavy (non-hydrogen) atoms. The van der Waals surface area contributed by atoms with Crippen LogP contribution in [0.4, 0.5) is 0 Å². The van der Waals surface area contributed by atoms with E-state index in [4.69, 9.17) is 5.11 Å². The zero-order valence-corrected chi connectivity index (χ0v) is 10.8. The van der Waals surface area contributed by atoms with E-state index in [-0.39, 0.29) is 17.1 Å². The first-order valence-electron chi connectivity index (χ1n) is 5.56. The summed E-state index contributed by atoms with van der Waals surface area (Å²) in [5.74, 6) is -0.834. The van der Waals surface area contributed by atoms with Crippen LogP contribution in [0.1, 0.15) is 15.9 Å². The number of carbonyl (C=O) groups is 1.